The van der Waals surface area contributed by atoms with E-state index >= 15 is 0 Å². The van der Waals surface area contributed by atoms with Gasteiger partial charge in [-0.15, -0.1) is 0 Å². The van der Waals surface area contributed by atoms with Crippen LogP contribution in [0.3, 0.4) is 0 Å². The van der Waals surface area contributed by atoms with E-state index < -0.39 is 0 Å². The number of benzene rings is 1. The first-order chi connectivity index (χ1) is 11.1. The SMILES string of the molecule is COCCNCCNC(=O)c1cnn(-c2cccc(Cl)c2)c1C. The molecule has 2 rings (SSSR count). The van der Waals surface area contributed by atoms with Crippen molar-refractivity contribution in [2.45, 2.75) is 6.92 Å². The maximum atomic E-state index is 12.2. The Morgan fingerprint density at radius 2 is 2.17 bits per heavy atom. The van der Waals surface area contributed by atoms with Crippen molar-refractivity contribution in [3.05, 3.63) is 46.7 Å². The molecule has 0 aliphatic heterocycles. The first-order valence-corrected chi connectivity index (χ1v) is 7.79. The molecule has 0 spiro atoms. The second kappa shape index (κ2) is 8.67. The minimum atomic E-state index is -0.135. The normalized spacial score (nSPS) is 10.7. The molecule has 1 aromatic carbocycles. The number of halogens is 1. The molecular formula is C16H21ClN4O2. The van der Waals surface area contributed by atoms with E-state index in [-0.39, 0.29) is 5.91 Å². The van der Waals surface area contributed by atoms with Gasteiger partial charge in [-0.3, -0.25) is 4.79 Å². The number of hydrogen-bond acceptors (Lipinski definition) is 4. The fourth-order valence-corrected chi connectivity index (χ4v) is 2.34. The van der Waals surface area contributed by atoms with Crippen LogP contribution in [-0.2, 0) is 4.74 Å². The Labute approximate surface area is 140 Å². The molecule has 0 unspecified atom stereocenters. The van der Waals surface area contributed by atoms with Crippen molar-refractivity contribution in [1.82, 2.24) is 20.4 Å². The van der Waals surface area contributed by atoms with Gasteiger partial charge in [0.2, 0.25) is 0 Å². The third kappa shape index (κ3) is 4.79. The fraction of sp³-hybridized carbons (Fsp3) is 0.375. The van der Waals surface area contributed by atoms with Gasteiger partial charge < -0.3 is 15.4 Å². The molecule has 0 bridgehead atoms. The molecule has 0 saturated carbocycles. The van der Waals surface area contributed by atoms with Crippen LogP contribution in [0.4, 0.5) is 0 Å². The van der Waals surface area contributed by atoms with Gasteiger partial charge in [0.1, 0.15) is 0 Å². The topological polar surface area (TPSA) is 68.2 Å². The van der Waals surface area contributed by atoms with Gasteiger partial charge in [0.05, 0.1) is 29.7 Å². The van der Waals surface area contributed by atoms with Crippen LogP contribution in [0.1, 0.15) is 16.1 Å². The largest absolute Gasteiger partial charge is 0.383 e. The van der Waals surface area contributed by atoms with Crippen molar-refractivity contribution < 1.29 is 9.53 Å². The number of carbonyl (C=O) groups is 1. The number of ether oxygens (including phenoxy) is 1. The second-order valence-corrected chi connectivity index (χ2v) is 5.47. The van der Waals surface area contributed by atoms with Crippen LogP contribution in [-0.4, -0.2) is 49.0 Å². The molecule has 0 radical (unpaired) electrons. The highest BCUT2D eigenvalue weighted by molar-refractivity contribution is 6.30. The van der Waals surface area contributed by atoms with Crippen LogP contribution in [0.2, 0.25) is 5.02 Å². The first kappa shape index (κ1) is 17.5. The maximum Gasteiger partial charge on any atom is 0.254 e. The Kier molecular flexibility index (Phi) is 6.58. The number of hydrogen-bond donors (Lipinski definition) is 2. The molecule has 0 fully saturated rings. The van der Waals surface area contributed by atoms with Crippen molar-refractivity contribution in [3.8, 4) is 5.69 Å². The van der Waals surface area contributed by atoms with Crippen LogP contribution in [0, 0.1) is 6.92 Å². The molecule has 0 atom stereocenters. The molecule has 6 nitrogen and oxygen atoms in total. The summed E-state index contributed by atoms with van der Waals surface area (Å²) >= 11 is 6.00. The highest BCUT2D eigenvalue weighted by Gasteiger charge is 2.14. The Morgan fingerprint density at radius 1 is 1.35 bits per heavy atom. The summed E-state index contributed by atoms with van der Waals surface area (Å²) in [7, 11) is 1.66. The Morgan fingerprint density at radius 3 is 2.91 bits per heavy atom. The van der Waals surface area contributed by atoms with Gasteiger partial charge in [-0.1, -0.05) is 17.7 Å². The molecule has 23 heavy (non-hydrogen) atoms. The monoisotopic (exact) mass is 336 g/mol. The smallest absolute Gasteiger partial charge is 0.254 e. The maximum absolute atomic E-state index is 12.2. The van der Waals surface area contributed by atoms with E-state index in [2.05, 4.69) is 15.7 Å². The lowest BCUT2D eigenvalue weighted by Gasteiger charge is -2.07. The molecule has 0 aliphatic rings. The number of methoxy groups -OCH3 is 1. The molecule has 124 valence electrons. The summed E-state index contributed by atoms with van der Waals surface area (Å²) in [6.45, 7) is 4.51. The molecule has 2 N–H and O–H groups in total. The number of amides is 1. The Hall–Kier alpha value is -1.89. The second-order valence-electron chi connectivity index (χ2n) is 5.03. The van der Waals surface area contributed by atoms with Crippen LogP contribution in [0.25, 0.3) is 5.69 Å². The van der Waals surface area contributed by atoms with Crippen LogP contribution >= 0.6 is 11.6 Å². The van der Waals surface area contributed by atoms with E-state index in [1.807, 2.05) is 25.1 Å². The summed E-state index contributed by atoms with van der Waals surface area (Å²) < 4.78 is 6.64. The number of nitrogens with one attached hydrogen (secondary N) is 2. The zero-order valence-corrected chi connectivity index (χ0v) is 14.1. The fourth-order valence-electron chi connectivity index (χ4n) is 2.16. The Bertz CT molecular complexity index is 657. The van der Waals surface area contributed by atoms with Crippen molar-refractivity contribution in [1.29, 1.82) is 0 Å². The van der Waals surface area contributed by atoms with Gasteiger partial charge in [0, 0.05) is 31.8 Å². The van der Waals surface area contributed by atoms with Crippen molar-refractivity contribution >= 4 is 17.5 Å². The predicted molar refractivity (Wildman–Crippen MR) is 90.4 cm³/mol. The first-order valence-electron chi connectivity index (χ1n) is 7.42. The highest BCUT2D eigenvalue weighted by Crippen LogP contribution is 2.17. The lowest BCUT2D eigenvalue weighted by atomic mass is 10.2. The molecule has 1 heterocycles. The molecule has 0 aliphatic carbocycles. The lowest BCUT2D eigenvalue weighted by Crippen LogP contribution is -2.33. The summed E-state index contributed by atoms with van der Waals surface area (Å²) in [4.78, 5) is 12.2. The Balaban J connectivity index is 1.95. The molecule has 2 aromatic rings. The van der Waals surface area contributed by atoms with Gasteiger partial charge in [-0.05, 0) is 25.1 Å². The van der Waals surface area contributed by atoms with E-state index in [1.54, 1.807) is 24.1 Å². The predicted octanol–water partition coefficient (Wildman–Crippen LogP) is 1.80. The number of aromatic nitrogens is 2. The summed E-state index contributed by atoms with van der Waals surface area (Å²) in [6.07, 6.45) is 1.57. The van der Waals surface area contributed by atoms with E-state index in [0.717, 1.165) is 17.9 Å². The molecule has 1 amide bonds. The van der Waals surface area contributed by atoms with Crippen molar-refractivity contribution in [3.63, 3.8) is 0 Å². The zero-order valence-electron chi connectivity index (χ0n) is 13.3. The van der Waals surface area contributed by atoms with Gasteiger partial charge in [-0.2, -0.15) is 5.10 Å². The summed E-state index contributed by atoms with van der Waals surface area (Å²) in [5.41, 5.74) is 2.16. The molecule has 1 aromatic heterocycles. The van der Waals surface area contributed by atoms with E-state index in [9.17, 15) is 4.79 Å². The number of carbonyl (C=O) groups excluding carboxylic acids is 1. The van der Waals surface area contributed by atoms with Crippen molar-refractivity contribution in [2.75, 3.05) is 33.4 Å². The average Bonchev–Trinajstić information content (AvgIpc) is 2.92. The van der Waals surface area contributed by atoms with Gasteiger partial charge in [0.15, 0.2) is 0 Å². The number of nitrogens with zero attached hydrogens (tertiary/aromatic N) is 2. The minimum absolute atomic E-state index is 0.135. The summed E-state index contributed by atoms with van der Waals surface area (Å²) in [5.74, 6) is -0.135. The van der Waals surface area contributed by atoms with Crippen LogP contribution in [0.15, 0.2) is 30.5 Å². The number of rotatable bonds is 8. The summed E-state index contributed by atoms with van der Waals surface area (Å²) in [6, 6.07) is 7.36. The van der Waals surface area contributed by atoms with E-state index in [0.29, 0.717) is 30.3 Å². The zero-order chi connectivity index (χ0) is 16.7. The third-order valence-corrected chi connectivity index (χ3v) is 3.61. The quantitative estimate of drug-likeness (QED) is 0.721. The van der Waals surface area contributed by atoms with E-state index in [1.165, 1.54) is 0 Å². The van der Waals surface area contributed by atoms with Crippen LogP contribution in [0.5, 0.6) is 0 Å². The van der Waals surface area contributed by atoms with Gasteiger partial charge in [0.25, 0.3) is 5.91 Å². The highest BCUT2D eigenvalue weighted by atomic mass is 35.5. The van der Waals surface area contributed by atoms with E-state index in [4.69, 9.17) is 16.3 Å². The average molecular weight is 337 g/mol. The standard InChI is InChI=1S/C16H21ClN4O2/c1-12-15(16(22)19-7-6-18-8-9-23-2)11-20-21(12)14-5-3-4-13(17)10-14/h3-5,10-11,18H,6-9H2,1-2H3,(H,19,22). The molecule has 0 saturated heterocycles. The van der Waals surface area contributed by atoms with Gasteiger partial charge >= 0.3 is 0 Å². The summed E-state index contributed by atoms with van der Waals surface area (Å²) in [5, 5.41) is 11.0. The third-order valence-electron chi connectivity index (χ3n) is 3.38. The van der Waals surface area contributed by atoms with Crippen LogP contribution < -0.4 is 10.6 Å². The molecule has 7 heteroatoms. The minimum Gasteiger partial charge on any atom is -0.383 e. The van der Waals surface area contributed by atoms with Gasteiger partial charge in [-0.25, -0.2) is 4.68 Å². The van der Waals surface area contributed by atoms with Crippen molar-refractivity contribution in [2.24, 2.45) is 0 Å². The lowest BCUT2D eigenvalue weighted by molar-refractivity contribution is 0.0953. The molecular weight excluding hydrogens is 316 g/mol.